The van der Waals surface area contributed by atoms with Gasteiger partial charge in [-0.05, 0) is 30.5 Å². The zero-order valence-electron chi connectivity index (χ0n) is 9.47. The number of benzene rings is 1. The average Bonchev–Trinajstić information content (AvgIpc) is 3.08. The maximum Gasteiger partial charge on any atom is 0.416 e. The minimum Gasteiger partial charge on any atom is -0.497 e. The fourth-order valence-electron chi connectivity index (χ4n) is 2.08. The van der Waals surface area contributed by atoms with Gasteiger partial charge in [0.15, 0.2) is 0 Å². The van der Waals surface area contributed by atoms with E-state index < -0.39 is 17.2 Å². The molecule has 2 N–H and O–H groups in total. The standard InChI is InChI=1S/C12H14F3NO/c1-17-8-2-3-9(11(7-16)4-5-11)10(6-8)12(13,14)15/h2-3,6H,4-5,7,16H2,1H3. The molecule has 2 nitrogen and oxygen atoms in total. The van der Waals surface area contributed by atoms with Gasteiger partial charge in [0.2, 0.25) is 0 Å². The number of hydrogen-bond donors (Lipinski definition) is 1. The Morgan fingerprint density at radius 2 is 2.00 bits per heavy atom. The summed E-state index contributed by atoms with van der Waals surface area (Å²) in [6, 6.07) is 4.09. The molecular formula is C12H14F3NO. The summed E-state index contributed by atoms with van der Waals surface area (Å²) in [6.07, 6.45) is -2.92. The van der Waals surface area contributed by atoms with Gasteiger partial charge in [-0.15, -0.1) is 0 Å². The van der Waals surface area contributed by atoms with Crippen molar-refractivity contribution in [3.63, 3.8) is 0 Å². The molecule has 0 spiro atoms. The average molecular weight is 245 g/mol. The van der Waals surface area contributed by atoms with E-state index in [1.54, 1.807) is 6.07 Å². The van der Waals surface area contributed by atoms with Gasteiger partial charge in [0, 0.05) is 12.0 Å². The lowest BCUT2D eigenvalue weighted by atomic mass is 9.91. The molecule has 0 aliphatic heterocycles. The Bertz CT molecular complexity index is 424. The molecule has 0 bridgehead atoms. The van der Waals surface area contributed by atoms with E-state index in [1.807, 2.05) is 0 Å². The molecule has 2 rings (SSSR count). The van der Waals surface area contributed by atoms with Gasteiger partial charge in [0.05, 0.1) is 12.7 Å². The highest BCUT2D eigenvalue weighted by atomic mass is 19.4. The molecule has 1 fully saturated rings. The van der Waals surface area contributed by atoms with Crippen LogP contribution in [0.3, 0.4) is 0 Å². The normalized spacial score (nSPS) is 17.9. The predicted molar refractivity (Wildman–Crippen MR) is 58.0 cm³/mol. The van der Waals surface area contributed by atoms with E-state index in [-0.39, 0.29) is 12.3 Å². The van der Waals surface area contributed by atoms with Crippen LogP contribution in [0, 0.1) is 0 Å². The van der Waals surface area contributed by atoms with Crippen LogP contribution in [-0.4, -0.2) is 13.7 Å². The smallest absolute Gasteiger partial charge is 0.416 e. The lowest BCUT2D eigenvalue weighted by Gasteiger charge is -2.20. The van der Waals surface area contributed by atoms with E-state index in [9.17, 15) is 13.2 Å². The largest absolute Gasteiger partial charge is 0.497 e. The van der Waals surface area contributed by atoms with Crippen LogP contribution in [0.5, 0.6) is 5.75 Å². The maximum absolute atomic E-state index is 13.0. The van der Waals surface area contributed by atoms with Crippen LogP contribution in [-0.2, 0) is 11.6 Å². The van der Waals surface area contributed by atoms with Crippen LogP contribution in [0.15, 0.2) is 18.2 Å². The number of methoxy groups -OCH3 is 1. The van der Waals surface area contributed by atoms with Gasteiger partial charge in [0.1, 0.15) is 5.75 Å². The van der Waals surface area contributed by atoms with Gasteiger partial charge in [-0.3, -0.25) is 0 Å². The van der Waals surface area contributed by atoms with Crippen molar-refractivity contribution in [2.75, 3.05) is 13.7 Å². The first-order chi connectivity index (χ1) is 7.93. The zero-order chi connectivity index (χ0) is 12.7. The Morgan fingerprint density at radius 1 is 1.35 bits per heavy atom. The van der Waals surface area contributed by atoms with E-state index >= 15 is 0 Å². The van der Waals surface area contributed by atoms with Gasteiger partial charge in [-0.25, -0.2) is 0 Å². The third-order valence-corrected chi connectivity index (χ3v) is 3.35. The second-order valence-electron chi connectivity index (χ2n) is 4.39. The van der Waals surface area contributed by atoms with Gasteiger partial charge < -0.3 is 10.5 Å². The van der Waals surface area contributed by atoms with Crippen LogP contribution in [0.4, 0.5) is 13.2 Å². The second kappa shape index (κ2) is 3.91. The Labute approximate surface area is 97.6 Å². The fourth-order valence-corrected chi connectivity index (χ4v) is 2.08. The molecule has 1 aromatic carbocycles. The molecule has 5 heteroatoms. The van der Waals surface area contributed by atoms with Crippen molar-refractivity contribution in [2.45, 2.75) is 24.4 Å². The van der Waals surface area contributed by atoms with Crippen LogP contribution in [0.1, 0.15) is 24.0 Å². The molecule has 0 radical (unpaired) electrons. The molecule has 0 unspecified atom stereocenters. The molecule has 94 valence electrons. The summed E-state index contributed by atoms with van der Waals surface area (Å²) in [7, 11) is 1.35. The summed E-state index contributed by atoms with van der Waals surface area (Å²) in [4.78, 5) is 0. The highest BCUT2D eigenvalue weighted by Gasteiger charge is 2.48. The van der Waals surface area contributed by atoms with Crippen molar-refractivity contribution in [2.24, 2.45) is 5.73 Å². The first-order valence-electron chi connectivity index (χ1n) is 5.39. The first-order valence-corrected chi connectivity index (χ1v) is 5.39. The quantitative estimate of drug-likeness (QED) is 0.888. The van der Waals surface area contributed by atoms with Crippen molar-refractivity contribution in [3.05, 3.63) is 29.3 Å². The van der Waals surface area contributed by atoms with E-state index in [4.69, 9.17) is 10.5 Å². The number of hydrogen-bond acceptors (Lipinski definition) is 2. The predicted octanol–water partition coefficient (Wildman–Crippen LogP) is 2.70. The minimum absolute atomic E-state index is 0.217. The van der Waals surface area contributed by atoms with Crippen molar-refractivity contribution in [1.82, 2.24) is 0 Å². The Kier molecular flexibility index (Phi) is 2.81. The van der Waals surface area contributed by atoms with Gasteiger partial charge in [-0.2, -0.15) is 13.2 Å². The van der Waals surface area contributed by atoms with Crippen molar-refractivity contribution in [3.8, 4) is 5.75 Å². The Morgan fingerprint density at radius 3 is 2.41 bits per heavy atom. The number of nitrogens with two attached hydrogens (primary N) is 1. The summed E-state index contributed by atoms with van der Waals surface area (Å²) >= 11 is 0. The van der Waals surface area contributed by atoms with Gasteiger partial charge in [0.25, 0.3) is 0 Å². The Hall–Kier alpha value is -1.23. The van der Waals surface area contributed by atoms with Crippen LogP contribution in [0.25, 0.3) is 0 Å². The molecule has 1 aliphatic carbocycles. The van der Waals surface area contributed by atoms with E-state index in [0.29, 0.717) is 5.56 Å². The molecule has 0 saturated heterocycles. The van der Waals surface area contributed by atoms with E-state index in [1.165, 1.54) is 13.2 Å². The molecule has 0 aromatic heterocycles. The summed E-state index contributed by atoms with van der Waals surface area (Å²) in [5, 5.41) is 0. The minimum atomic E-state index is -4.37. The number of halogens is 3. The van der Waals surface area contributed by atoms with Crippen molar-refractivity contribution in [1.29, 1.82) is 0 Å². The van der Waals surface area contributed by atoms with Crippen molar-refractivity contribution < 1.29 is 17.9 Å². The second-order valence-corrected chi connectivity index (χ2v) is 4.39. The molecule has 1 aliphatic rings. The third-order valence-electron chi connectivity index (χ3n) is 3.35. The molecule has 1 saturated carbocycles. The molecule has 0 amide bonds. The third kappa shape index (κ3) is 2.11. The van der Waals surface area contributed by atoms with E-state index in [0.717, 1.165) is 18.9 Å². The van der Waals surface area contributed by atoms with Crippen molar-refractivity contribution >= 4 is 0 Å². The summed E-state index contributed by atoms with van der Waals surface area (Å²) in [6.45, 7) is 0.252. The number of ether oxygens (including phenoxy) is 1. The van der Waals surface area contributed by atoms with Gasteiger partial charge in [-0.1, -0.05) is 6.07 Å². The monoisotopic (exact) mass is 245 g/mol. The van der Waals surface area contributed by atoms with Crippen LogP contribution >= 0.6 is 0 Å². The lowest BCUT2D eigenvalue weighted by molar-refractivity contribution is -0.138. The zero-order valence-corrected chi connectivity index (χ0v) is 9.47. The molecule has 1 aromatic rings. The molecule has 0 heterocycles. The van der Waals surface area contributed by atoms with E-state index in [2.05, 4.69) is 0 Å². The number of alkyl halides is 3. The lowest BCUT2D eigenvalue weighted by Crippen LogP contribution is -2.24. The molecule has 17 heavy (non-hydrogen) atoms. The summed E-state index contributed by atoms with van der Waals surface area (Å²) in [5.41, 5.74) is 4.78. The number of rotatable bonds is 3. The summed E-state index contributed by atoms with van der Waals surface area (Å²) in [5.74, 6) is 0.217. The topological polar surface area (TPSA) is 35.2 Å². The Balaban J connectivity index is 2.52. The van der Waals surface area contributed by atoms with Crippen LogP contribution < -0.4 is 10.5 Å². The highest BCUT2D eigenvalue weighted by Crippen LogP contribution is 2.51. The maximum atomic E-state index is 13.0. The SMILES string of the molecule is COc1ccc(C2(CN)CC2)c(C(F)(F)F)c1. The highest BCUT2D eigenvalue weighted by molar-refractivity contribution is 5.45. The van der Waals surface area contributed by atoms with Gasteiger partial charge >= 0.3 is 6.18 Å². The summed E-state index contributed by atoms with van der Waals surface area (Å²) < 4.78 is 43.7. The first kappa shape index (κ1) is 12.2. The molecular weight excluding hydrogens is 231 g/mol. The fraction of sp³-hybridized carbons (Fsp3) is 0.500. The molecule has 0 atom stereocenters. The van der Waals surface area contributed by atoms with Crippen LogP contribution in [0.2, 0.25) is 0 Å².